The summed E-state index contributed by atoms with van der Waals surface area (Å²) in [5.74, 6) is 0.710. The highest BCUT2D eigenvalue weighted by molar-refractivity contribution is 5.97. The molecule has 0 radical (unpaired) electrons. The summed E-state index contributed by atoms with van der Waals surface area (Å²) in [4.78, 5) is 32.5. The van der Waals surface area contributed by atoms with Crippen LogP contribution in [0.4, 0.5) is 0 Å². The molecule has 2 aromatic rings. The summed E-state index contributed by atoms with van der Waals surface area (Å²) in [6.45, 7) is 7.89. The molecular formula is C17H21N3O3. The molecule has 0 bridgehead atoms. The second kappa shape index (κ2) is 6.02. The first kappa shape index (κ1) is 15.5. The summed E-state index contributed by atoms with van der Waals surface area (Å²) < 4.78 is 5.43. The van der Waals surface area contributed by atoms with Gasteiger partial charge in [0, 0.05) is 44.6 Å². The third-order valence-electron chi connectivity index (χ3n) is 4.11. The van der Waals surface area contributed by atoms with E-state index in [1.165, 1.54) is 0 Å². The number of piperazine rings is 1. The lowest BCUT2D eigenvalue weighted by Gasteiger charge is -2.35. The zero-order chi connectivity index (χ0) is 16.6. The molecule has 2 amide bonds. The minimum Gasteiger partial charge on any atom is -0.441 e. The maximum Gasteiger partial charge on any atom is 0.254 e. The van der Waals surface area contributed by atoms with Gasteiger partial charge in [-0.1, -0.05) is 13.8 Å². The van der Waals surface area contributed by atoms with Crippen molar-refractivity contribution >= 4 is 22.9 Å². The Kier molecular flexibility index (Phi) is 4.07. The summed E-state index contributed by atoms with van der Waals surface area (Å²) >= 11 is 0. The lowest BCUT2D eigenvalue weighted by atomic mass is 10.1. The maximum atomic E-state index is 12.6. The van der Waals surface area contributed by atoms with E-state index >= 15 is 0 Å². The summed E-state index contributed by atoms with van der Waals surface area (Å²) in [6, 6.07) is 5.31. The Morgan fingerprint density at radius 2 is 1.78 bits per heavy atom. The molecule has 3 rings (SSSR count). The number of fused-ring (bicyclic) bond motifs is 1. The number of hydrogen-bond donors (Lipinski definition) is 0. The van der Waals surface area contributed by atoms with Crippen molar-refractivity contribution in [3.63, 3.8) is 0 Å². The van der Waals surface area contributed by atoms with E-state index in [4.69, 9.17) is 4.42 Å². The van der Waals surface area contributed by atoms with Gasteiger partial charge in [-0.05, 0) is 18.2 Å². The molecule has 1 aliphatic rings. The normalized spacial score (nSPS) is 15.5. The predicted octanol–water partition coefficient (Wildman–Crippen LogP) is 2.08. The first-order chi connectivity index (χ1) is 11.0. The molecule has 1 fully saturated rings. The Morgan fingerprint density at radius 1 is 1.13 bits per heavy atom. The molecular weight excluding hydrogens is 294 g/mol. The van der Waals surface area contributed by atoms with Crippen LogP contribution in [0.25, 0.3) is 11.1 Å². The van der Waals surface area contributed by atoms with Crippen LogP contribution in [0.15, 0.2) is 22.6 Å². The van der Waals surface area contributed by atoms with Crippen LogP contribution in [0.5, 0.6) is 0 Å². The molecule has 122 valence electrons. The smallest absolute Gasteiger partial charge is 0.254 e. The van der Waals surface area contributed by atoms with Crippen molar-refractivity contribution in [2.45, 2.75) is 20.8 Å². The summed E-state index contributed by atoms with van der Waals surface area (Å²) in [6.07, 6.45) is 0. The SMILES string of the molecule is Cc1nc2cc(C(=O)N3CCN(C(=O)C(C)C)CC3)ccc2o1. The molecule has 1 aromatic carbocycles. The van der Waals surface area contributed by atoms with E-state index in [1.807, 2.05) is 18.7 Å². The van der Waals surface area contributed by atoms with Crippen LogP contribution in [0.1, 0.15) is 30.1 Å². The molecule has 23 heavy (non-hydrogen) atoms. The molecule has 0 atom stereocenters. The van der Waals surface area contributed by atoms with Gasteiger partial charge in [-0.25, -0.2) is 4.98 Å². The number of benzene rings is 1. The fourth-order valence-electron chi connectivity index (χ4n) is 2.85. The molecule has 0 aliphatic carbocycles. The van der Waals surface area contributed by atoms with E-state index in [0.717, 1.165) is 0 Å². The number of amides is 2. The number of carbonyl (C=O) groups excluding carboxylic acids is 2. The van der Waals surface area contributed by atoms with Crippen LogP contribution < -0.4 is 0 Å². The number of rotatable bonds is 2. The second-order valence-corrected chi connectivity index (χ2v) is 6.19. The molecule has 2 heterocycles. The van der Waals surface area contributed by atoms with Crippen LogP contribution >= 0.6 is 0 Å². The van der Waals surface area contributed by atoms with Crippen molar-refractivity contribution in [2.24, 2.45) is 5.92 Å². The second-order valence-electron chi connectivity index (χ2n) is 6.19. The first-order valence-electron chi connectivity index (χ1n) is 7.91. The van der Waals surface area contributed by atoms with E-state index in [2.05, 4.69) is 4.98 Å². The van der Waals surface area contributed by atoms with Crippen molar-refractivity contribution in [1.82, 2.24) is 14.8 Å². The van der Waals surface area contributed by atoms with Gasteiger partial charge in [-0.15, -0.1) is 0 Å². The van der Waals surface area contributed by atoms with E-state index in [0.29, 0.717) is 48.7 Å². The molecule has 0 saturated carbocycles. The van der Waals surface area contributed by atoms with Crippen LogP contribution in [-0.4, -0.2) is 52.8 Å². The third kappa shape index (κ3) is 3.06. The Balaban J connectivity index is 1.69. The van der Waals surface area contributed by atoms with Gasteiger partial charge in [0.05, 0.1) is 0 Å². The van der Waals surface area contributed by atoms with Gasteiger partial charge in [-0.3, -0.25) is 9.59 Å². The van der Waals surface area contributed by atoms with E-state index in [9.17, 15) is 9.59 Å². The number of oxazole rings is 1. The lowest BCUT2D eigenvalue weighted by molar-refractivity contribution is -0.135. The summed E-state index contributed by atoms with van der Waals surface area (Å²) in [5.41, 5.74) is 1.99. The number of carbonyl (C=O) groups is 2. The molecule has 1 aromatic heterocycles. The average Bonchev–Trinajstić information content (AvgIpc) is 2.92. The lowest BCUT2D eigenvalue weighted by Crippen LogP contribution is -2.51. The van der Waals surface area contributed by atoms with Gasteiger partial charge in [0.1, 0.15) is 5.52 Å². The number of aromatic nitrogens is 1. The zero-order valence-electron chi connectivity index (χ0n) is 13.7. The van der Waals surface area contributed by atoms with Crippen LogP contribution in [0, 0.1) is 12.8 Å². The van der Waals surface area contributed by atoms with Gasteiger partial charge < -0.3 is 14.2 Å². The fraction of sp³-hybridized carbons (Fsp3) is 0.471. The Labute approximate surface area is 135 Å². The quantitative estimate of drug-likeness (QED) is 0.851. The number of nitrogens with zero attached hydrogens (tertiary/aromatic N) is 3. The van der Waals surface area contributed by atoms with Crippen molar-refractivity contribution in [3.05, 3.63) is 29.7 Å². The largest absolute Gasteiger partial charge is 0.441 e. The molecule has 0 unspecified atom stereocenters. The topological polar surface area (TPSA) is 66.7 Å². The molecule has 6 heteroatoms. The van der Waals surface area contributed by atoms with Gasteiger partial charge in [-0.2, -0.15) is 0 Å². The molecule has 6 nitrogen and oxygen atoms in total. The monoisotopic (exact) mass is 315 g/mol. The number of hydrogen-bond acceptors (Lipinski definition) is 4. The average molecular weight is 315 g/mol. The van der Waals surface area contributed by atoms with Crippen molar-refractivity contribution in [3.8, 4) is 0 Å². The Bertz CT molecular complexity index is 743. The highest BCUT2D eigenvalue weighted by Crippen LogP contribution is 2.18. The minimum absolute atomic E-state index is 0.00457. The molecule has 1 aliphatic heterocycles. The zero-order valence-corrected chi connectivity index (χ0v) is 13.7. The standard InChI is InChI=1S/C17H21N3O3/c1-11(2)16(21)19-6-8-20(9-7-19)17(22)13-4-5-15-14(10-13)18-12(3)23-15/h4-5,10-11H,6-9H2,1-3H3. The summed E-state index contributed by atoms with van der Waals surface area (Å²) in [7, 11) is 0. The van der Waals surface area contributed by atoms with Gasteiger partial charge in [0.25, 0.3) is 5.91 Å². The Hall–Kier alpha value is -2.37. The van der Waals surface area contributed by atoms with Gasteiger partial charge in [0.2, 0.25) is 5.91 Å². The molecule has 0 spiro atoms. The first-order valence-corrected chi connectivity index (χ1v) is 7.91. The van der Waals surface area contributed by atoms with Crippen molar-refractivity contribution in [1.29, 1.82) is 0 Å². The molecule has 1 saturated heterocycles. The van der Waals surface area contributed by atoms with E-state index in [-0.39, 0.29) is 17.7 Å². The van der Waals surface area contributed by atoms with Crippen LogP contribution in [0.3, 0.4) is 0 Å². The number of aryl methyl sites for hydroxylation is 1. The summed E-state index contributed by atoms with van der Waals surface area (Å²) in [5, 5.41) is 0. The highest BCUT2D eigenvalue weighted by atomic mass is 16.3. The predicted molar refractivity (Wildman–Crippen MR) is 86.1 cm³/mol. The third-order valence-corrected chi connectivity index (χ3v) is 4.11. The maximum absolute atomic E-state index is 12.6. The fourth-order valence-corrected chi connectivity index (χ4v) is 2.85. The van der Waals surface area contributed by atoms with Gasteiger partial charge >= 0.3 is 0 Å². The molecule has 0 N–H and O–H groups in total. The van der Waals surface area contributed by atoms with Crippen LogP contribution in [0.2, 0.25) is 0 Å². The van der Waals surface area contributed by atoms with Gasteiger partial charge in [0.15, 0.2) is 11.5 Å². The minimum atomic E-state index is -0.0239. The van der Waals surface area contributed by atoms with E-state index in [1.54, 1.807) is 30.0 Å². The van der Waals surface area contributed by atoms with Crippen molar-refractivity contribution in [2.75, 3.05) is 26.2 Å². The van der Waals surface area contributed by atoms with Crippen molar-refractivity contribution < 1.29 is 14.0 Å². The highest BCUT2D eigenvalue weighted by Gasteiger charge is 2.26. The van der Waals surface area contributed by atoms with Crippen LogP contribution in [-0.2, 0) is 4.79 Å². The Morgan fingerprint density at radius 3 is 2.43 bits per heavy atom. The van der Waals surface area contributed by atoms with E-state index < -0.39 is 0 Å².